The molecule has 1 saturated heterocycles. The molecule has 2 aromatic rings. The molecule has 1 fully saturated rings. The van der Waals surface area contributed by atoms with E-state index in [1.165, 1.54) is 0 Å². The topological polar surface area (TPSA) is 66.0 Å². The highest BCUT2D eigenvalue weighted by atomic mass is 16.5. The van der Waals surface area contributed by atoms with Gasteiger partial charge in [-0.05, 0) is 51.8 Å². The van der Waals surface area contributed by atoms with E-state index in [4.69, 9.17) is 9.73 Å². The fraction of sp³-hybridized carbons (Fsp3) is 0.440. The summed E-state index contributed by atoms with van der Waals surface area (Å²) in [6, 6.07) is 15.9. The number of fused-ring (bicyclic) bond motifs is 1. The highest BCUT2D eigenvalue weighted by Crippen LogP contribution is 2.37. The Morgan fingerprint density at radius 3 is 2.58 bits per heavy atom. The van der Waals surface area contributed by atoms with Crippen LogP contribution in [0.4, 0.5) is 11.4 Å². The Morgan fingerprint density at radius 2 is 1.84 bits per heavy atom. The van der Waals surface area contributed by atoms with Crippen molar-refractivity contribution < 1.29 is 9.53 Å². The molecule has 2 N–H and O–H groups in total. The van der Waals surface area contributed by atoms with Crippen LogP contribution in [0.25, 0.3) is 0 Å². The van der Waals surface area contributed by atoms with Crippen molar-refractivity contribution in [2.45, 2.75) is 51.1 Å². The Morgan fingerprint density at radius 1 is 1.13 bits per heavy atom. The van der Waals surface area contributed by atoms with Crippen LogP contribution in [-0.2, 0) is 11.2 Å². The van der Waals surface area contributed by atoms with E-state index in [1.54, 1.807) is 7.11 Å². The maximum absolute atomic E-state index is 13.3. The Hall–Kier alpha value is -3.02. The molecule has 2 aliphatic rings. The van der Waals surface area contributed by atoms with E-state index in [-0.39, 0.29) is 11.4 Å². The number of carbonyl (C=O) groups is 1. The molecular weight excluding hydrogens is 388 g/mol. The standard InChI is InChI=1S/C25H32N4O2/c1-24(2,3)28-23-25(27-20-12-7-6-11-19(20)26-23)14-9-15-29(17-25)22(30)16-18-10-5-8-13-21(18)31-4/h5-8,10-13,27H,9,14-17H2,1-4H3,(H,26,28)/t25-/m1/s1. The van der Waals surface area contributed by atoms with Crippen LogP contribution < -0.4 is 15.4 Å². The minimum Gasteiger partial charge on any atom is -0.496 e. The number of methoxy groups -OCH3 is 1. The van der Waals surface area contributed by atoms with Gasteiger partial charge in [-0.25, -0.2) is 0 Å². The lowest BCUT2D eigenvalue weighted by Gasteiger charge is -2.48. The third kappa shape index (κ3) is 4.53. The van der Waals surface area contributed by atoms with Crippen LogP contribution in [0.5, 0.6) is 5.75 Å². The molecule has 0 aromatic heterocycles. The van der Waals surface area contributed by atoms with Crippen molar-refractivity contribution in [1.82, 2.24) is 4.90 Å². The third-order valence-electron chi connectivity index (χ3n) is 5.83. The molecule has 0 saturated carbocycles. The maximum atomic E-state index is 13.3. The molecule has 2 aliphatic heterocycles. The number of rotatable bonds is 3. The van der Waals surface area contributed by atoms with Crippen molar-refractivity contribution in [3.8, 4) is 5.75 Å². The minimum atomic E-state index is -0.420. The Labute approximate surface area is 184 Å². The first-order valence-corrected chi connectivity index (χ1v) is 10.9. The number of hydrogen-bond acceptors (Lipinski definition) is 4. The van der Waals surface area contributed by atoms with Gasteiger partial charge >= 0.3 is 0 Å². The lowest BCUT2D eigenvalue weighted by Crippen LogP contribution is -2.63. The van der Waals surface area contributed by atoms with Crippen molar-refractivity contribution in [3.63, 3.8) is 0 Å². The van der Waals surface area contributed by atoms with Gasteiger partial charge in [0.15, 0.2) is 0 Å². The fourth-order valence-electron chi connectivity index (χ4n) is 4.42. The number of amidine groups is 1. The number of likely N-dealkylation sites (tertiary alicyclic amines) is 1. The molecule has 4 rings (SSSR count). The van der Waals surface area contributed by atoms with Crippen LogP contribution >= 0.6 is 0 Å². The van der Waals surface area contributed by atoms with Gasteiger partial charge in [0.2, 0.25) is 5.91 Å². The number of carbonyl (C=O) groups excluding carboxylic acids is 1. The quantitative estimate of drug-likeness (QED) is 0.776. The summed E-state index contributed by atoms with van der Waals surface area (Å²) in [5.74, 6) is 1.77. The first-order valence-electron chi connectivity index (χ1n) is 10.9. The summed E-state index contributed by atoms with van der Waals surface area (Å²) in [5, 5.41) is 7.32. The van der Waals surface area contributed by atoms with Crippen LogP contribution in [0.15, 0.2) is 53.5 Å². The zero-order valence-corrected chi connectivity index (χ0v) is 18.9. The van der Waals surface area contributed by atoms with Gasteiger partial charge in [-0.2, -0.15) is 0 Å². The second-order valence-electron chi connectivity index (χ2n) is 9.42. The molecule has 6 nitrogen and oxygen atoms in total. The molecular formula is C25H32N4O2. The highest BCUT2D eigenvalue weighted by Gasteiger charge is 2.45. The Kier molecular flexibility index (Phi) is 5.65. The molecule has 1 spiro atoms. The number of amides is 1. The van der Waals surface area contributed by atoms with E-state index in [2.05, 4.69) is 43.5 Å². The number of ether oxygens (including phenoxy) is 1. The molecule has 0 aliphatic carbocycles. The SMILES string of the molecule is COc1ccccc1CC(=O)N1CCC[C@]2(C1)Nc1ccccc1NC2=NC(C)(C)C. The molecule has 1 amide bonds. The van der Waals surface area contributed by atoms with E-state index >= 15 is 0 Å². The Bertz CT molecular complexity index is 995. The summed E-state index contributed by atoms with van der Waals surface area (Å²) in [6.07, 6.45) is 2.16. The summed E-state index contributed by atoms with van der Waals surface area (Å²) in [5.41, 5.74) is 2.34. The maximum Gasteiger partial charge on any atom is 0.227 e. The first kappa shape index (κ1) is 21.2. The van der Waals surface area contributed by atoms with Crippen molar-refractivity contribution in [1.29, 1.82) is 0 Å². The second-order valence-corrected chi connectivity index (χ2v) is 9.42. The van der Waals surface area contributed by atoms with Gasteiger partial charge in [0, 0.05) is 12.1 Å². The molecule has 0 radical (unpaired) electrons. The van der Waals surface area contributed by atoms with Gasteiger partial charge in [0.25, 0.3) is 0 Å². The lowest BCUT2D eigenvalue weighted by molar-refractivity contribution is -0.131. The molecule has 0 unspecified atom stereocenters. The lowest BCUT2D eigenvalue weighted by atomic mass is 9.84. The van der Waals surface area contributed by atoms with Gasteiger partial charge in [-0.15, -0.1) is 0 Å². The van der Waals surface area contributed by atoms with Crippen molar-refractivity contribution in [3.05, 3.63) is 54.1 Å². The molecule has 2 heterocycles. The molecule has 1 atom stereocenters. The van der Waals surface area contributed by atoms with Gasteiger partial charge in [-0.3, -0.25) is 9.79 Å². The Balaban J connectivity index is 1.62. The van der Waals surface area contributed by atoms with Gasteiger partial charge in [-0.1, -0.05) is 30.3 Å². The van der Waals surface area contributed by atoms with Crippen LogP contribution in [0.1, 0.15) is 39.2 Å². The summed E-state index contributed by atoms with van der Waals surface area (Å²) in [6.45, 7) is 7.63. The number of aliphatic imine (C=N–C) groups is 1. The summed E-state index contributed by atoms with van der Waals surface area (Å²) < 4.78 is 5.44. The van der Waals surface area contributed by atoms with Crippen molar-refractivity contribution >= 4 is 23.1 Å². The van der Waals surface area contributed by atoms with E-state index in [0.717, 1.165) is 47.9 Å². The van der Waals surface area contributed by atoms with Crippen LogP contribution in [-0.4, -0.2) is 47.9 Å². The summed E-state index contributed by atoms with van der Waals surface area (Å²) in [4.78, 5) is 20.3. The van der Waals surface area contributed by atoms with Gasteiger partial charge in [0.1, 0.15) is 17.1 Å². The predicted octanol–water partition coefficient (Wildman–Crippen LogP) is 4.33. The summed E-state index contributed by atoms with van der Waals surface area (Å²) >= 11 is 0. The molecule has 31 heavy (non-hydrogen) atoms. The van der Waals surface area contributed by atoms with Gasteiger partial charge < -0.3 is 20.3 Å². The van der Waals surface area contributed by atoms with Crippen LogP contribution in [0.2, 0.25) is 0 Å². The number of nitrogens with one attached hydrogen (secondary N) is 2. The third-order valence-corrected chi connectivity index (χ3v) is 5.83. The van der Waals surface area contributed by atoms with Crippen LogP contribution in [0.3, 0.4) is 0 Å². The first-order chi connectivity index (χ1) is 14.8. The molecule has 6 heteroatoms. The number of nitrogens with zero attached hydrogens (tertiary/aromatic N) is 2. The molecule has 164 valence electrons. The van der Waals surface area contributed by atoms with E-state index in [1.807, 2.05) is 41.3 Å². The van der Waals surface area contributed by atoms with Gasteiger partial charge in [0.05, 0.1) is 37.0 Å². The van der Waals surface area contributed by atoms with Crippen LogP contribution in [0, 0.1) is 0 Å². The van der Waals surface area contributed by atoms with Crippen molar-refractivity contribution in [2.75, 3.05) is 30.8 Å². The average Bonchev–Trinajstić information content (AvgIpc) is 2.74. The minimum absolute atomic E-state index is 0.111. The second kappa shape index (κ2) is 8.25. The summed E-state index contributed by atoms with van der Waals surface area (Å²) in [7, 11) is 1.64. The zero-order chi connectivity index (χ0) is 22.1. The number of hydrogen-bond donors (Lipinski definition) is 2. The predicted molar refractivity (Wildman–Crippen MR) is 126 cm³/mol. The number of piperidine rings is 1. The highest BCUT2D eigenvalue weighted by molar-refractivity contribution is 6.10. The largest absolute Gasteiger partial charge is 0.496 e. The average molecular weight is 421 g/mol. The molecule has 0 bridgehead atoms. The fourth-order valence-corrected chi connectivity index (χ4v) is 4.42. The smallest absolute Gasteiger partial charge is 0.227 e. The zero-order valence-electron chi connectivity index (χ0n) is 18.9. The van der Waals surface area contributed by atoms with Crippen molar-refractivity contribution in [2.24, 2.45) is 4.99 Å². The van der Waals surface area contributed by atoms with E-state index < -0.39 is 5.54 Å². The molecule has 2 aromatic carbocycles. The number of anilines is 2. The number of para-hydroxylation sites is 3. The van der Waals surface area contributed by atoms with E-state index in [9.17, 15) is 4.79 Å². The normalized spacial score (nSPS) is 21.9. The van der Waals surface area contributed by atoms with E-state index in [0.29, 0.717) is 13.0 Å². The monoisotopic (exact) mass is 420 g/mol. The number of benzene rings is 2.